The predicted molar refractivity (Wildman–Crippen MR) is 133 cm³/mol. The van der Waals surface area contributed by atoms with Crippen LogP contribution in [0.15, 0.2) is 40.7 Å². The topological polar surface area (TPSA) is 158 Å². The van der Waals surface area contributed by atoms with Crippen LogP contribution in [-0.4, -0.2) is 75.0 Å². The van der Waals surface area contributed by atoms with Gasteiger partial charge < -0.3 is 25.4 Å². The van der Waals surface area contributed by atoms with Crippen LogP contribution in [0.3, 0.4) is 0 Å². The van der Waals surface area contributed by atoms with E-state index in [1.807, 2.05) is 0 Å². The van der Waals surface area contributed by atoms with Crippen molar-refractivity contribution in [1.29, 1.82) is 0 Å². The number of hydrogen-bond acceptors (Lipinski definition) is 12. The monoisotopic (exact) mass is 552 g/mol. The number of esters is 1. The number of carbonyl (C=O) groups is 3. The molecular formula is C21H21ClN6O6S2. The highest BCUT2D eigenvalue weighted by Gasteiger charge is 2.54. The van der Waals surface area contributed by atoms with E-state index in [4.69, 9.17) is 31.6 Å². The molecule has 4 rings (SSSR count). The maximum atomic E-state index is 13.1. The molecule has 1 saturated heterocycles. The van der Waals surface area contributed by atoms with Gasteiger partial charge in [-0.3, -0.25) is 14.5 Å². The second-order valence-electron chi connectivity index (χ2n) is 7.45. The first-order valence-corrected chi connectivity index (χ1v) is 12.8. The van der Waals surface area contributed by atoms with Gasteiger partial charge in [-0.15, -0.1) is 23.4 Å². The number of ether oxygens (including phenoxy) is 2. The van der Waals surface area contributed by atoms with Gasteiger partial charge in [0.05, 0.1) is 7.11 Å². The Balaban J connectivity index is 1.46. The number of methoxy groups -OCH3 is 1. The molecule has 36 heavy (non-hydrogen) atoms. The van der Waals surface area contributed by atoms with Crippen molar-refractivity contribution in [3.05, 3.63) is 46.9 Å². The number of nitrogen functional groups attached to an aromatic ring is 1. The van der Waals surface area contributed by atoms with E-state index < -0.39 is 29.2 Å². The van der Waals surface area contributed by atoms with Gasteiger partial charge in [-0.05, 0) is 23.3 Å². The van der Waals surface area contributed by atoms with E-state index in [0.717, 1.165) is 17.1 Å². The molecule has 0 saturated carbocycles. The van der Waals surface area contributed by atoms with Crippen molar-refractivity contribution in [1.82, 2.24) is 19.6 Å². The molecule has 1 aromatic carbocycles. The molecule has 15 heteroatoms. The number of benzene rings is 1. The van der Waals surface area contributed by atoms with E-state index in [1.165, 1.54) is 23.8 Å². The molecule has 0 unspecified atom stereocenters. The average molecular weight is 553 g/mol. The summed E-state index contributed by atoms with van der Waals surface area (Å²) < 4.78 is 14.6. The van der Waals surface area contributed by atoms with Gasteiger partial charge in [0.1, 0.15) is 36.6 Å². The summed E-state index contributed by atoms with van der Waals surface area (Å²) in [4.78, 5) is 48.9. The van der Waals surface area contributed by atoms with Crippen LogP contribution in [-0.2, 0) is 30.6 Å². The Hall–Kier alpha value is -3.36. The molecule has 0 radical (unpaired) electrons. The van der Waals surface area contributed by atoms with Gasteiger partial charge in [0.25, 0.3) is 11.8 Å². The predicted octanol–water partition coefficient (Wildman–Crippen LogP) is 1.12. The lowest BCUT2D eigenvalue weighted by Crippen LogP contribution is -2.71. The van der Waals surface area contributed by atoms with Crippen LogP contribution in [0, 0.1) is 0 Å². The molecular weight excluding hydrogens is 532 g/mol. The molecule has 3 N–H and O–H groups in total. The fraction of sp³-hybridized carbons (Fsp3) is 0.333. The lowest BCUT2D eigenvalue weighted by Gasteiger charge is -2.49. The minimum atomic E-state index is -0.915. The molecule has 0 aliphatic carbocycles. The summed E-state index contributed by atoms with van der Waals surface area (Å²) in [6.07, 6.45) is 0. The Morgan fingerprint density at radius 1 is 1.31 bits per heavy atom. The van der Waals surface area contributed by atoms with Crippen molar-refractivity contribution in [2.45, 2.75) is 18.0 Å². The van der Waals surface area contributed by atoms with Gasteiger partial charge in [-0.1, -0.05) is 17.3 Å². The minimum Gasteiger partial charge on any atom is -0.497 e. The number of aromatic nitrogens is 2. The third-order valence-electron chi connectivity index (χ3n) is 5.27. The van der Waals surface area contributed by atoms with Gasteiger partial charge in [-0.25, -0.2) is 4.79 Å². The van der Waals surface area contributed by atoms with Gasteiger partial charge in [0, 0.05) is 23.2 Å². The quantitative estimate of drug-likeness (QED) is 0.152. The first kappa shape index (κ1) is 25.7. The van der Waals surface area contributed by atoms with Crippen LogP contribution in [0.2, 0.25) is 0 Å². The zero-order chi connectivity index (χ0) is 25.8. The van der Waals surface area contributed by atoms with E-state index in [0.29, 0.717) is 17.1 Å². The number of hydrogen-bond donors (Lipinski definition) is 2. The maximum Gasteiger partial charge on any atom is 0.355 e. The summed E-state index contributed by atoms with van der Waals surface area (Å²) in [6, 6.07) is 6.13. The van der Waals surface area contributed by atoms with Crippen LogP contribution in [0.4, 0.5) is 5.13 Å². The van der Waals surface area contributed by atoms with Crippen molar-refractivity contribution in [3.63, 3.8) is 0 Å². The minimum absolute atomic E-state index is 0.00249. The van der Waals surface area contributed by atoms with E-state index >= 15 is 0 Å². The Kier molecular flexibility index (Phi) is 7.96. The number of nitrogens with zero attached hydrogens (tertiary/aromatic N) is 4. The van der Waals surface area contributed by atoms with E-state index in [9.17, 15) is 14.4 Å². The third-order valence-corrected chi connectivity index (χ3v) is 7.47. The molecule has 12 nitrogen and oxygen atoms in total. The van der Waals surface area contributed by atoms with Gasteiger partial charge in [-0.2, -0.15) is 9.36 Å². The normalized spacial score (nSPS) is 19.4. The number of halogens is 1. The average Bonchev–Trinajstić information content (AvgIpc) is 3.33. The van der Waals surface area contributed by atoms with Crippen LogP contribution < -0.4 is 15.8 Å². The molecule has 1 aromatic heterocycles. The second-order valence-corrected chi connectivity index (χ2v) is 9.61. The van der Waals surface area contributed by atoms with E-state index in [-0.39, 0.29) is 34.9 Å². The summed E-state index contributed by atoms with van der Waals surface area (Å²) in [5, 5.41) is 5.90. The summed E-state index contributed by atoms with van der Waals surface area (Å²) in [5.41, 5.74) is 6.78. The van der Waals surface area contributed by atoms with Crippen LogP contribution in [0.5, 0.6) is 5.75 Å². The van der Waals surface area contributed by atoms with Crippen molar-refractivity contribution < 1.29 is 28.7 Å². The number of fused-ring (bicyclic) bond motifs is 1. The maximum absolute atomic E-state index is 13.1. The fourth-order valence-electron chi connectivity index (χ4n) is 3.53. The number of amides is 2. The zero-order valence-electron chi connectivity index (χ0n) is 19.1. The van der Waals surface area contributed by atoms with Crippen molar-refractivity contribution in [2.24, 2.45) is 5.16 Å². The summed E-state index contributed by atoms with van der Waals surface area (Å²) in [7, 11) is 2.82. The molecule has 1 fully saturated rings. The highest BCUT2D eigenvalue weighted by Crippen LogP contribution is 2.41. The van der Waals surface area contributed by atoms with Gasteiger partial charge in [0.2, 0.25) is 11.5 Å². The van der Waals surface area contributed by atoms with Gasteiger partial charge in [0.15, 0.2) is 5.13 Å². The second kappa shape index (κ2) is 11.1. The van der Waals surface area contributed by atoms with Crippen LogP contribution in [0.1, 0.15) is 11.4 Å². The highest BCUT2D eigenvalue weighted by atomic mass is 35.5. The van der Waals surface area contributed by atoms with Gasteiger partial charge >= 0.3 is 5.97 Å². The molecule has 0 bridgehead atoms. The Morgan fingerprint density at radius 2 is 2.06 bits per heavy atom. The van der Waals surface area contributed by atoms with Crippen LogP contribution in [0.25, 0.3) is 0 Å². The third kappa shape index (κ3) is 5.10. The Morgan fingerprint density at radius 3 is 2.67 bits per heavy atom. The van der Waals surface area contributed by atoms with E-state index in [1.54, 1.807) is 31.4 Å². The summed E-state index contributed by atoms with van der Waals surface area (Å²) in [6.45, 7) is 0.00249. The SMILES string of the molecule is CO/N=C(\C(=O)N[C@@H]1C(=O)N2C(C(=O)OCc3ccc(OC)cc3)=C(CCl)CS[C@H]12)c1nsc(N)n1. The number of thioether (sulfide) groups is 1. The number of oxime groups is 1. The first-order valence-electron chi connectivity index (χ1n) is 10.4. The lowest BCUT2D eigenvalue weighted by atomic mass is 10.0. The number of rotatable bonds is 9. The van der Waals surface area contributed by atoms with Crippen molar-refractivity contribution in [2.75, 3.05) is 31.6 Å². The number of nitrogens with two attached hydrogens (primary N) is 1. The molecule has 2 aromatic rings. The van der Waals surface area contributed by atoms with Crippen molar-refractivity contribution in [3.8, 4) is 5.75 Å². The molecule has 2 aliphatic heterocycles. The standard InChI is InChI=1S/C21H21ClN6O6S2/c1-32-12-5-3-10(4-6-12)8-34-20(31)15-11(7-22)9-35-19-14(18(30)28(15)19)24-17(29)13(26-33-2)16-25-21(23)36-27-16/h3-6,14,19H,7-9H2,1-2H3,(H,24,29)(H2,23,25,27)/b26-13-/t14-,19-/m1/s1. The number of anilines is 1. The largest absolute Gasteiger partial charge is 0.497 e. The molecule has 3 heterocycles. The molecule has 0 spiro atoms. The molecule has 2 aliphatic rings. The molecule has 190 valence electrons. The first-order chi connectivity index (χ1) is 17.4. The number of nitrogens with one attached hydrogen (secondary N) is 1. The van der Waals surface area contributed by atoms with Crippen LogP contribution >= 0.6 is 34.9 Å². The fourth-order valence-corrected chi connectivity index (χ4v) is 5.64. The number of alkyl halides is 1. The number of carbonyl (C=O) groups excluding carboxylic acids is 3. The Labute approximate surface area is 219 Å². The summed E-state index contributed by atoms with van der Waals surface area (Å²) in [5.74, 6) is -0.782. The smallest absolute Gasteiger partial charge is 0.355 e. The van der Waals surface area contributed by atoms with Crippen molar-refractivity contribution >= 4 is 63.5 Å². The highest BCUT2D eigenvalue weighted by molar-refractivity contribution is 8.00. The zero-order valence-corrected chi connectivity index (χ0v) is 21.5. The Bertz CT molecular complexity index is 1230. The molecule has 2 amide bonds. The lowest BCUT2D eigenvalue weighted by molar-refractivity contribution is -0.153. The number of β-lactam (4-membered cyclic amide) rings is 1. The van der Waals surface area contributed by atoms with E-state index in [2.05, 4.69) is 19.8 Å². The summed E-state index contributed by atoms with van der Waals surface area (Å²) >= 11 is 8.33. The molecule has 2 atom stereocenters.